The van der Waals surface area contributed by atoms with Gasteiger partial charge in [-0.15, -0.1) is 0 Å². The van der Waals surface area contributed by atoms with Crippen LogP contribution in [0.5, 0.6) is 0 Å². The smallest absolute Gasteiger partial charge is 0.337 e. The van der Waals surface area contributed by atoms with Crippen LogP contribution in [0.25, 0.3) is 16.9 Å². The van der Waals surface area contributed by atoms with Crippen molar-refractivity contribution in [2.24, 2.45) is 0 Å². The molecule has 0 saturated carbocycles. The zero-order chi connectivity index (χ0) is 23.7. The number of carbonyl (C=O) groups excluding carboxylic acids is 1. The third kappa shape index (κ3) is 4.19. The fourth-order valence-electron chi connectivity index (χ4n) is 3.58. The monoisotopic (exact) mass is 470 g/mol. The summed E-state index contributed by atoms with van der Waals surface area (Å²) < 4.78 is 22.1. The van der Waals surface area contributed by atoms with Crippen LogP contribution in [0.4, 0.5) is 4.39 Å². The van der Waals surface area contributed by atoms with Crippen molar-refractivity contribution in [2.45, 2.75) is 26.4 Å². The van der Waals surface area contributed by atoms with E-state index in [-0.39, 0.29) is 24.3 Å². The summed E-state index contributed by atoms with van der Waals surface area (Å²) in [5.74, 6) is -0.971. The second-order valence-corrected chi connectivity index (χ2v) is 7.80. The molecule has 0 saturated heterocycles. The zero-order valence-electron chi connectivity index (χ0n) is 17.9. The Hall–Kier alpha value is -3.72. The van der Waals surface area contributed by atoms with Crippen molar-refractivity contribution >= 4 is 28.7 Å². The van der Waals surface area contributed by atoms with Crippen molar-refractivity contribution in [3.05, 3.63) is 92.1 Å². The van der Waals surface area contributed by atoms with Gasteiger partial charge in [-0.1, -0.05) is 29.8 Å². The van der Waals surface area contributed by atoms with Crippen molar-refractivity contribution in [3.8, 4) is 5.69 Å². The number of hydrogen-bond donors (Lipinski definition) is 0. The number of rotatable bonds is 6. The fourth-order valence-corrected chi connectivity index (χ4v) is 3.76. The minimum absolute atomic E-state index is 0.0530. The lowest BCUT2D eigenvalue weighted by molar-refractivity contribution is -0.146. The van der Waals surface area contributed by atoms with Gasteiger partial charge in [0.1, 0.15) is 11.9 Å². The van der Waals surface area contributed by atoms with Gasteiger partial charge in [-0.2, -0.15) is 0 Å². The Morgan fingerprint density at radius 3 is 2.58 bits per heavy atom. The highest BCUT2D eigenvalue weighted by molar-refractivity contribution is 6.30. The van der Waals surface area contributed by atoms with E-state index < -0.39 is 29.1 Å². The van der Waals surface area contributed by atoms with Crippen LogP contribution >= 0.6 is 11.6 Å². The number of fused-ring (bicyclic) bond motifs is 1. The van der Waals surface area contributed by atoms with Gasteiger partial charge in [0.25, 0.3) is 5.56 Å². The molecule has 0 bridgehead atoms. The summed E-state index contributed by atoms with van der Waals surface area (Å²) in [4.78, 5) is 43.6. The van der Waals surface area contributed by atoms with Crippen molar-refractivity contribution in [3.63, 3.8) is 0 Å². The lowest BCUT2D eigenvalue weighted by atomic mass is 10.2. The Morgan fingerprint density at radius 2 is 1.91 bits per heavy atom. The quantitative estimate of drug-likeness (QED) is 0.403. The first-order valence-electron chi connectivity index (χ1n) is 10.2. The molecule has 8 nitrogen and oxygen atoms in total. The molecule has 2 aromatic carbocycles. The van der Waals surface area contributed by atoms with Crippen molar-refractivity contribution in [2.75, 3.05) is 6.61 Å². The highest BCUT2D eigenvalue weighted by Crippen LogP contribution is 2.20. The molecule has 170 valence electrons. The van der Waals surface area contributed by atoms with E-state index in [0.29, 0.717) is 16.3 Å². The second-order valence-electron chi connectivity index (χ2n) is 7.37. The number of ether oxygens (including phenoxy) is 1. The summed E-state index contributed by atoms with van der Waals surface area (Å²) in [6.07, 6.45) is 1.33. The molecular formula is C23H20ClFN4O4. The van der Waals surface area contributed by atoms with Gasteiger partial charge in [0.2, 0.25) is 0 Å². The molecule has 4 rings (SSSR count). The number of carbonyl (C=O) groups is 1. The molecule has 0 aliphatic rings. The van der Waals surface area contributed by atoms with Gasteiger partial charge in [0.15, 0.2) is 11.2 Å². The molecule has 0 radical (unpaired) electrons. The summed E-state index contributed by atoms with van der Waals surface area (Å²) in [7, 11) is 0. The molecular weight excluding hydrogens is 451 g/mol. The molecule has 10 heteroatoms. The van der Waals surface area contributed by atoms with Crippen molar-refractivity contribution in [1.82, 2.24) is 18.7 Å². The second kappa shape index (κ2) is 9.03. The minimum Gasteiger partial charge on any atom is -0.464 e. The van der Waals surface area contributed by atoms with Crippen molar-refractivity contribution < 1.29 is 13.9 Å². The van der Waals surface area contributed by atoms with Crippen LogP contribution in [0.15, 0.2) is 64.4 Å². The number of nitrogens with zero attached hydrogens (tertiary/aromatic N) is 4. The minimum atomic E-state index is -0.854. The van der Waals surface area contributed by atoms with Gasteiger partial charge in [-0.25, -0.2) is 23.5 Å². The average molecular weight is 471 g/mol. The molecule has 1 atom stereocenters. The number of benzene rings is 2. The highest BCUT2D eigenvalue weighted by Gasteiger charge is 2.25. The SMILES string of the molecule is CCOC(=O)[C@@H](C)n1cnc2c1c(=O)n(Cc1ccc(F)cc1)c(=O)n2-c1cccc(Cl)c1. The highest BCUT2D eigenvalue weighted by atomic mass is 35.5. The van der Waals surface area contributed by atoms with Gasteiger partial charge >= 0.3 is 11.7 Å². The molecule has 2 aromatic heterocycles. The Kier molecular flexibility index (Phi) is 6.15. The van der Waals surface area contributed by atoms with E-state index in [9.17, 15) is 18.8 Å². The zero-order valence-corrected chi connectivity index (χ0v) is 18.6. The van der Waals surface area contributed by atoms with E-state index in [1.165, 1.54) is 39.7 Å². The van der Waals surface area contributed by atoms with Crippen LogP contribution in [-0.4, -0.2) is 31.3 Å². The van der Waals surface area contributed by atoms with Crippen LogP contribution in [0.2, 0.25) is 5.02 Å². The molecule has 4 aromatic rings. The maximum absolute atomic E-state index is 13.5. The summed E-state index contributed by atoms with van der Waals surface area (Å²) in [5.41, 5.74) is -0.188. The van der Waals surface area contributed by atoms with Crippen LogP contribution < -0.4 is 11.2 Å². The number of aromatic nitrogens is 4. The fraction of sp³-hybridized carbons (Fsp3) is 0.217. The maximum atomic E-state index is 13.5. The molecule has 0 N–H and O–H groups in total. The number of esters is 1. The van der Waals surface area contributed by atoms with Crippen LogP contribution in [-0.2, 0) is 16.1 Å². The summed E-state index contributed by atoms with van der Waals surface area (Å²) in [6, 6.07) is 11.2. The summed E-state index contributed by atoms with van der Waals surface area (Å²) >= 11 is 6.14. The van der Waals surface area contributed by atoms with E-state index in [1.807, 2.05) is 0 Å². The first kappa shape index (κ1) is 22.5. The Bertz CT molecular complexity index is 1460. The molecule has 2 heterocycles. The topological polar surface area (TPSA) is 88.1 Å². The Morgan fingerprint density at radius 1 is 1.18 bits per heavy atom. The molecule has 33 heavy (non-hydrogen) atoms. The maximum Gasteiger partial charge on any atom is 0.337 e. The lowest BCUT2D eigenvalue weighted by Crippen LogP contribution is -2.40. The number of imidazole rings is 1. The summed E-state index contributed by atoms with van der Waals surface area (Å²) in [5, 5.41) is 0.392. The van der Waals surface area contributed by atoms with Gasteiger partial charge < -0.3 is 9.30 Å². The predicted octanol–water partition coefficient (Wildman–Crippen LogP) is 3.31. The van der Waals surface area contributed by atoms with E-state index in [2.05, 4.69) is 4.98 Å². The molecule has 0 spiro atoms. The predicted molar refractivity (Wildman–Crippen MR) is 121 cm³/mol. The average Bonchev–Trinajstić information content (AvgIpc) is 3.22. The third-order valence-corrected chi connectivity index (χ3v) is 5.46. The molecule has 0 amide bonds. The van der Waals surface area contributed by atoms with Crippen LogP contribution in [0.3, 0.4) is 0 Å². The Balaban J connectivity index is 2.01. The largest absolute Gasteiger partial charge is 0.464 e. The van der Waals surface area contributed by atoms with E-state index >= 15 is 0 Å². The third-order valence-electron chi connectivity index (χ3n) is 5.22. The van der Waals surface area contributed by atoms with Crippen molar-refractivity contribution in [1.29, 1.82) is 0 Å². The number of halogens is 2. The molecule has 0 fully saturated rings. The first-order chi connectivity index (χ1) is 15.8. The van der Waals surface area contributed by atoms with Crippen LogP contribution in [0.1, 0.15) is 25.5 Å². The lowest BCUT2D eigenvalue weighted by Gasteiger charge is -2.15. The van der Waals surface area contributed by atoms with Gasteiger partial charge in [0.05, 0.1) is 25.2 Å². The normalized spacial score (nSPS) is 12.1. The molecule has 0 aliphatic carbocycles. The van der Waals surface area contributed by atoms with E-state index in [0.717, 1.165) is 4.57 Å². The standard InChI is InChI=1S/C23H20ClFN4O4/c1-3-33-22(31)14(2)28-13-26-20-19(28)21(30)27(12-15-7-9-17(25)10-8-15)23(32)29(20)18-6-4-5-16(24)11-18/h4-11,13-14H,3,12H2,1-2H3/t14-/m1/s1. The van der Waals surface area contributed by atoms with Gasteiger partial charge in [0, 0.05) is 5.02 Å². The van der Waals surface area contributed by atoms with Gasteiger partial charge in [-0.3, -0.25) is 9.36 Å². The summed E-state index contributed by atoms with van der Waals surface area (Å²) in [6.45, 7) is 3.34. The van der Waals surface area contributed by atoms with Crippen LogP contribution in [0, 0.1) is 5.82 Å². The van der Waals surface area contributed by atoms with E-state index in [4.69, 9.17) is 16.3 Å². The molecule has 0 unspecified atom stereocenters. The first-order valence-corrected chi connectivity index (χ1v) is 10.6. The Labute approximate surface area is 192 Å². The number of hydrogen-bond acceptors (Lipinski definition) is 5. The van der Waals surface area contributed by atoms with E-state index in [1.54, 1.807) is 38.1 Å². The van der Waals surface area contributed by atoms with Gasteiger partial charge in [-0.05, 0) is 49.7 Å². The molecule has 0 aliphatic heterocycles.